The molecule has 1 aromatic heterocycles. The lowest BCUT2D eigenvalue weighted by Crippen LogP contribution is -2.28. The van der Waals surface area contributed by atoms with Gasteiger partial charge in [-0.25, -0.2) is 0 Å². The normalized spacial score (nSPS) is 11.5. The number of hydrogen-bond donors (Lipinski definition) is 2. The van der Waals surface area contributed by atoms with E-state index in [-0.39, 0.29) is 17.6 Å². The van der Waals surface area contributed by atoms with Gasteiger partial charge in [0, 0.05) is 17.8 Å². The van der Waals surface area contributed by atoms with Gasteiger partial charge in [0.1, 0.15) is 5.75 Å². The Morgan fingerprint density at radius 1 is 1.15 bits per heavy atom. The number of carbonyl (C=O) groups is 2. The smallest absolute Gasteiger partial charge is 0.251 e. The minimum absolute atomic E-state index is 0.127. The largest absolute Gasteiger partial charge is 0.497 e. The van der Waals surface area contributed by atoms with Crippen LogP contribution in [-0.2, 0) is 11.3 Å². The van der Waals surface area contributed by atoms with Crippen LogP contribution in [0.2, 0.25) is 0 Å². The Kier molecular flexibility index (Phi) is 8.48. The van der Waals surface area contributed by atoms with Gasteiger partial charge in [0.25, 0.3) is 5.91 Å². The van der Waals surface area contributed by atoms with E-state index in [4.69, 9.17) is 4.74 Å². The van der Waals surface area contributed by atoms with Crippen LogP contribution in [0.1, 0.15) is 40.3 Å². The van der Waals surface area contributed by atoms with Crippen LogP contribution in [0.3, 0.4) is 0 Å². The number of allylic oxidation sites excluding steroid dienone is 1. The fourth-order valence-corrected chi connectivity index (χ4v) is 4.19. The Bertz CT molecular complexity index is 1150. The number of amides is 2. The number of anilines is 1. The van der Waals surface area contributed by atoms with Crippen molar-refractivity contribution < 1.29 is 14.3 Å². The number of para-hydroxylation sites is 1. The molecule has 178 valence electrons. The van der Waals surface area contributed by atoms with E-state index >= 15 is 0 Å². The predicted molar refractivity (Wildman–Crippen MR) is 134 cm³/mol. The standard InChI is InChI=1S/C25H29N5O3S/c1-6-14-30-23(18(4)26-24(32)19-10-12-20(33-5)13-11-19)28-29-25(30)34-15-21(31)27-22-16(2)8-7-9-17(22)3/h6-13,18H,1,14-15H2,2-5H3,(H,26,32)(H,27,31)/t18-/m1/s1. The van der Waals surface area contributed by atoms with E-state index in [1.807, 2.05) is 43.5 Å². The van der Waals surface area contributed by atoms with Gasteiger partial charge in [-0.15, -0.1) is 16.8 Å². The summed E-state index contributed by atoms with van der Waals surface area (Å²) in [4.78, 5) is 25.2. The number of thioether (sulfide) groups is 1. The molecule has 0 aliphatic rings. The average molecular weight is 480 g/mol. The summed E-state index contributed by atoms with van der Waals surface area (Å²) in [6.45, 7) is 10.0. The zero-order valence-electron chi connectivity index (χ0n) is 19.8. The number of hydrogen-bond acceptors (Lipinski definition) is 6. The Labute approximate surface area is 203 Å². The van der Waals surface area contributed by atoms with Crippen LogP contribution in [0, 0.1) is 13.8 Å². The molecule has 0 aliphatic heterocycles. The quantitative estimate of drug-likeness (QED) is 0.332. The van der Waals surface area contributed by atoms with Gasteiger partial charge in [0.05, 0.1) is 18.9 Å². The summed E-state index contributed by atoms with van der Waals surface area (Å²) in [6, 6.07) is 12.4. The Morgan fingerprint density at radius 2 is 1.82 bits per heavy atom. The summed E-state index contributed by atoms with van der Waals surface area (Å²) in [5.74, 6) is 1.08. The number of carbonyl (C=O) groups excluding carboxylic acids is 2. The first-order chi connectivity index (χ1) is 16.3. The third kappa shape index (κ3) is 6.05. The van der Waals surface area contributed by atoms with Gasteiger partial charge >= 0.3 is 0 Å². The second-order valence-corrected chi connectivity index (χ2v) is 8.71. The van der Waals surface area contributed by atoms with Crippen LogP contribution in [-0.4, -0.2) is 39.4 Å². The lowest BCUT2D eigenvalue weighted by atomic mass is 10.1. The number of nitrogens with zero attached hydrogens (tertiary/aromatic N) is 3. The SMILES string of the molecule is C=CCn1c(SCC(=O)Nc2c(C)cccc2C)nnc1[C@@H](C)NC(=O)c1ccc(OC)cc1. The van der Waals surface area contributed by atoms with E-state index in [2.05, 4.69) is 27.4 Å². The first-order valence-electron chi connectivity index (χ1n) is 10.8. The third-order valence-corrected chi connectivity index (χ3v) is 6.19. The number of aryl methyl sites for hydroxylation is 2. The molecule has 1 heterocycles. The zero-order chi connectivity index (χ0) is 24.7. The first-order valence-corrected chi connectivity index (χ1v) is 11.8. The van der Waals surface area contributed by atoms with Crippen molar-refractivity contribution in [1.82, 2.24) is 20.1 Å². The van der Waals surface area contributed by atoms with Crippen LogP contribution in [0.5, 0.6) is 5.75 Å². The Balaban J connectivity index is 1.67. The van der Waals surface area contributed by atoms with Gasteiger partial charge in [-0.2, -0.15) is 0 Å². The van der Waals surface area contributed by atoms with Crippen molar-refractivity contribution in [3.63, 3.8) is 0 Å². The molecule has 2 amide bonds. The molecule has 3 rings (SSSR count). The molecule has 8 nitrogen and oxygen atoms in total. The molecular weight excluding hydrogens is 450 g/mol. The molecule has 0 saturated carbocycles. The Morgan fingerprint density at radius 3 is 2.44 bits per heavy atom. The highest BCUT2D eigenvalue weighted by Gasteiger charge is 2.20. The van der Waals surface area contributed by atoms with E-state index in [0.29, 0.717) is 28.8 Å². The van der Waals surface area contributed by atoms with E-state index in [0.717, 1.165) is 16.8 Å². The molecule has 0 fully saturated rings. The summed E-state index contributed by atoms with van der Waals surface area (Å²) in [7, 11) is 1.58. The molecular formula is C25H29N5O3S. The van der Waals surface area contributed by atoms with E-state index in [1.165, 1.54) is 11.8 Å². The molecule has 1 atom stereocenters. The number of benzene rings is 2. The van der Waals surface area contributed by atoms with Crippen molar-refractivity contribution in [2.24, 2.45) is 0 Å². The summed E-state index contributed by atoms with van der Waals surface area (Å²) in [5, 5.41) is 15.0. The fourth-order valence-electron chi connectivity index (χ4n) is 3.43. The average Bonchev–Trinajstić information content (AvgIpc) is 3.23. The van der Waals surface area contributed by atoms with Crippen molar-refractivity contribution >= 4 is 29.3 Å². The molecule has 2 N–H and O–H groups in total. The number of aromatic nitrogens is 3. The highest BCUT2D eigenvalue weighted by Crippen LogP contribution is 2.23. The maximum absolute atomic E-state index is 12.7. The van der Waals surface area contributed by atoms with E-state index in [1.54, 1.807) is 37.5 Å². The molecule has 0 unspecified atom stereocenters. The number of methoxy groups -OCH3 is 1. The second-order valence-electron chi connectivity index (χ2n) is 7.77. The van der Waals surface area contributed by atoms with Crippen molar-refractivity contribution in [3.05, 3.63) is 77.6 Å². The van der Waals surface area contributed by atoms with Crippen LogP contribution in [0.15, 0.2) is 60.3 Å². The van der Waals surface area contributed by atoms with E-state index < -0.39 is 6.04 Å². The highest BCUT2D eigenvalue weighted by molar-refractivity contribution is 7.99. The summed E-state index contributed by atoms with van der Waals surface area (Å²) < 4.78 is 6.99. The minimum Gasteiger partial charge on any atom is -0.497 e. The maximum atomic E-state index is 12.7. The molecule has 2 aromatic carbocycles. The van der Waals surface area contributed by atoms with Gasteiger partial charge in [-0.05, 0) is 56.2 Å². The summed E-state index contributed by atoms with van der Waals surface area (Å²) in [5.41, 5.74) is 3.37. The van der Waals surface area contributed by atoms with Gasteiger partial charge < -0.3 is 19.9 Å². The Hall–Kier alpha value is -3.59. The van der Waals surface area contributed by atoms with Gasteiger partial charge in [-0.1, -0.05) is 36.0 Å². The third-order valence-electron chi connectivity index (χ3n) is 5.22. The molecule has 0 saturated heterocycles. The molecule has 0 radical (unpaired) electrons. The lowest BCUT2D eigenvalue weighted by Gasteiger charge is -2.15. The minimum atomic E-state index is -0.403. The molecule has 34 heavy (non-hydrogen) atoms. The molecule has 9 heteroatoms. The van der Waals surface area contributed by atoms with Gasteiger partial charge in [-0.3, -0.25) is 9.59 Å². The first kappa shape index (κ1) is 25.0. The lowest BCUT2D eigenvalue weighted by molar-refractivity contribution is -0.113. The second kappa shape index (κ2) is 11.5. The van der Waals surface area contributed by atoms with Crippen LogP contribution in [0.25, 0.3) is 0 Å². The number of nitrogens with one attached hydrogen (secondary N) is 2. The van der Waals surface area contributed by atoms with Gasteiger partial charge in [0.2, 0.25) is 5.91 Å². The summed E-state index contributed by atoms with van der Waals surface area (Å²) in [6.07, 6.45) is 1.73. The van der Waals surface area contributed by atoms with Crippen molar-refractivity contribution in [2.45, 2.75) is 38.5 Å². The molecule has 0 bridgehead atoms. The zero-order valence-corrected chi connectivity index (χ0v) is 20.6. The van der Waals surface area contributed by atoms with Crippen molar-refractivity contribution in [2.75, 3.05) is 18.2 Å². The molecule has 0 spiro atoms. The topological polar surface area (TPSA) is 98.1 Å². The van der Waals surface area contributed by atoms with Crippen molar-refractivity contribution in [1.29, 1.82) is 0 Å². The maximum Gasteiger partial charge on any atom is 0.251 e. The molecule has 0 aliphatic carbocycles. The van der Waals surface area contributed by atoms with Crippen LogP contribution >= 0.6 is 11.8 Å². The summed E-state index contributed by atoms with van der Waals surface area (Å²) >= 11 is 1.29. The van der Waals surface area contributed by atoms with E-state index in [9.17, 15) is 9.59 Å². The highest BCUT2D eigenvalue weighted by atomic mass is 32.2. The predicted octanol–water partition coefficient (Wildman–Crippen LogP) is 4.31. The fraction of sp³-hybridized carbons (Fsp3) is 0.280. The van der Waals surface area contributed by atoms with Crippen LogP contribution < -0.4 is 15.4 Å². The number of ether oxygens (including phenoxy) is 1. The molecule has 3 aromatic rings. The number of rotatable bonds is 10. The monoisotopic (exact) mass is 479 g/mol. The van der Waals surface area contributed by atoms with Crippen molar-refractivity contribution in [3.8, 4) is 5.75 Å². The van der Waals surface area contributed by atoms with Crippen LogP contribution in [0.4, 0.5) is 5.69 Å². The van der Waals surface area contributed by atoms with Gasteiger partial charge in [0.15, 0.2) is 11.0 Å².